The van der Waals surface area contributed by atoms with Gasteiger partial charge in [-0.25, -0.2) is 8.42 Å². The molecule has 10 heteroatoms. The second-order valence-corrected chi connectivity index (χ2v) is 14.8. The standard InChI is InChI=1S/C32H38N2O7S/c1-20(35)39-26-12-11-24-17-27-32(41-21(2)36)14-13-25(33(3)42(37,38)19-23-7-5-4-6-8-23)30-31(32,28(24)29(26)40-30)15-16-34(27)18-22-9-10-22/h4-8,11-12,22,25,27,30H,9-10,13-19H2,1-3H3/t25?,27-,30?,31+,32-/m1/s1. The Kier molecular flexibility index (Phi) is 6.49. The van der Waals surface area contributed by atoms with Gasteiger partial charge in [-0.3, -0.25) is 14.5 Å². The molecule has 5 aliphatic rings. The van der Waals surface area contributed by atoms with Gasteiger partial charge in [0.1, 0.15) is 11.7 Å². The van der Waals surface area contributed by atoms with Crippen molar-refractivity contribution in [3.63, 3.8) is 0 Å². The highest BCUT2D eigenvalue weighted by atomic mass is 32.2. The van der Waals surface area contributed by atoms with Gasteiger partial charge in [-0.1, -0.05) is 36.4 Å². The van der Waals surface area contributed by atoms with Crippen LogP contribution in [0.2, 0.25) is 0 Å². The summed E-state index contributed by atoms with van der Waals surface area (Å²) in [5, 5.41) is 0. The molecule has 2 aromatic rings. The van der Waals surface area contributed by atoms with Gasteiger partial charge in [0.25, 0.3) is 0 Å². The van der Waals surface area contributed by atoms with Crippen LogP contribution in [0.1, 0.15) is 62.6 Å². The molecule has 1 saturated heterocycles. The Morgan fingerprint density at radius 1 is 1.05 bits per heavy atom. The monoisotopic (exact) mass is 594 g/mol. The lowest BCUT2D eigenvalue weighted by Crippen LogP contribution is -2.79. The summed E-state index contributed by atoms with van der Waals surface area (Å²) < 4.78 is 48.2. The highest BCUT2D eigenvalue weighted by Gasteiger charge is 2.76. The molecule has 0 amide bonds. The Bertz CT molecular complexity index is 1540. The molecule has 2 aromatic carbocycles. The lowest BCUT2D eigenvalue weighted by Gasteiger charge is -2.65. The number of nitrogens with zero attached hydrogens (tertiary/aromatic N) is 2. The first-order chi connectivity index (χ1) is 20.1. The first kappa shape index (κ1) is 27.9. The maximum atomic E-state index is 13.9. The molecule has 2 heterocycles. The minimum atomic E-state index is -3.72. The molecule has 1 spiro atoms. The molecule has 2 unspecified atom stereocenters. The highest BCUT2D eigenvalue weighted by Crippen LogP contribution is 2.67. The Morgan fingerprint density at radius 3 is 2.50 bits per heavy atom. The largest absolute Gasteiger partial charge is 0.483 e. The van der Waals surface area contributed by atoms with Gasteiger partial charge in [-0.2, -0.15) is 4.31 Å². The van der Waals surface area contributed by atoms with Crippen molar-refractivity contribution < 1.29 is 32.2 Å². The van der Waals surface area contributed by atoms with E-state index < -0.39 is 39.2 Å². The van der Waals surface area contributed by atoms with Crippen LogP contribution in [0.25, 0.3) is 0 Å². The summed E-state index contributed by atoms with van der Waals surface area (Å²) in [6.45, 7) is 4.59. The summed E-state index contributed by atoms with van der Waals surface area (Å²) in [6, 6.07) is 12.4. The van der Waals surface area contributed by atoms with Gasteiger partial charge < -0.3 is 14.2 Å². The summed E-state index contributed by atoms with van der Waals surface area (Å²) >= 11 is 0. The number of hydrogen-bond acceptors (Lipinski definition) is 8. The van der Waals surface area contributed by atoms with Crippen molar-refractivity contribution in [3.8, 4) is 11.5 Å². The van der Waals surface area contributed by atoms with Crippen LogP contribution in [0.5, 0.6) is 11.5 Å². The number of carbonyl (C=O) groups excluding carboxylic acids is 2. The fourth-order valence-corrected chi connectivity index (χ4v) is 10.0. The number of piperidine rings is 1. The number of carbonyl (C=O) groups is 2. The van der Waals surface area contributed by atoms with E-state index >= 15 is 0 Å². The molecule has 3 fully saturated rings. The first-order valence-corrected chi connectivity index (χ1v) is 16.6. The molecule has 0 aromatic heterocycles. The van der Waals surface area contributed by atoms with E-state index in [1.165, 1.54) is 31.0 Å². The molecule has 0 N–H and O–H groups in total. The molecule has 9 nitrogen and oxygen atoms in total. The number of sulfonamides is 1. The lowest BCUT2D eigenvalue weighted by atomic mass is 9.48. The second kappa shape index (κ2) is 9.79. The van der Waals surface area contributed by atoms with Crippen LogP contribution in [0, 0.1) is 5.92 Å². The predicted molar refractivity (Wildman–Crippen MR) is 155 cm³/mol. The van der Waals surface area contributed by atoms with E-state index in [1.807, 2.05) is 36.4 Å². The molecular formula is C32H38N2O7S. The third kappa shape index (κ3) is 4.12. The molecule has 42 heavy (non-hydrogen) atoms. The minimum Gasteiger partial charge on any atom is -0.483 e. The van der Waals surface area contributed by atoms with E-state index in [2.05, 4.69) is 4.90 Å². The fraction of sp³-hybridized carbons (Fsp3) is 0.562. The van der Waals surface area contributed by atoms with Gasteiger partial charge in [-0.05, 0) is 68.2 Å². The molecule has 5 atom stereocenters. The van der Waals surface area contributed by atoms with Crippen LogP contribution >= 0.6 is 0 Å². The topological polar surface area (TPSA) is 102 Å². The van der Waals surface area contributed by atoms with E-state index in [4.69, 9.17) is 14.2 Å². The average molecular weight is 595 g/mol. The van der Waals surface area contributed by atoms with Gasteiger partial charge >= 0.3 is 11.9 Å². The van der Waals surface area contributed by atoms with Crippen LogP contribution in [-0.4, -0.2) is 73.5 Å². The molecule has 224 valence electrons. The molecule has 2 aliphatic heterocycles. The third-order valence-electron chi connectivity index (χ3n) is 10.4. The smallest absolute Gasteiger partial charge is 0.308 e. The van der Waals surface area contributed by atoms with Gasteiger partial charge in [0.2, 0.25) is 10.0 Å². The van der Waals surface area contributed by atoms with Crippen LogP contribution in [0.15, 0.2) is 42.5 Å². The van der Waals surface area contributed by atoms with Crippen LogP contribution in [0.4, 0.5) is 0 Å². The van der Waals surface area contributed by atoms with Crippen molar-refractivity contribution in [2.45, 2.75) is 87.3 Å². The van der Waals surface area contributed by atoms with Crippen molar-refractivity contribution in [3.05, 3.63) is 59.2 Å². The molecule has 2 bridgehead atoms. The molecule has 0 radical (unpaired) electrons. The van der Waals surface area contributed by atoms with Crippen molar-refractivity contribution in [1.82, 2.24) is 9.21 Å². The number of ether oxygens (including phenoxy) is 3. The molecule has 3 aliphatic carbocycles. The molecule has 2 saturated carbocycles. The van der Waals surface area contributed by atoms with Crippen molar-refractivity contribution >= 4 is 22.0 Å². The molecular weight excluding hydrogens is 556 g/mol. The van der Waals surface area contributed by atoms with E-state index in [9.17, 15) is 18.0 Å². The maximum absolute atomic E-state index is 13.9. The van der Waals surface area contributed by atoms with Gasteiger partial charge in [-0.15, -0.1) is 0 Å². The Labute approximate surface area is 247 Å². The minimum absolute atomic E-state index is 0.0490. The highest BCUT2D eigenvalue weighted by molar-refractivity contribution is 7.88. The number of likely N-dealkylation sites (N-methyl/N-ethyl adjacent to an activating group) is 1. The Morgan fingerprint density at radius 2 is 1.81 bits per heavy atom. The number of likely N-dealkylation sites (tertiary alicyclic amines) is 1. The number of esters is 2. The van der Waals surface area contributed by atoms with Crippen molar-refractivity contribution in [2.24, 2.45) is 5.92 Å². The van der Waals surface area contributed by atoms with Gasteiger partial charge in [0.15, 0.2) is 11.5 Å². The van der Waals surface area contributed by atoms with Crippen LogP contribution < -0.4 is 9.47 Å². The summed E-state index contributed by atoms with van der Waals surface area (Å²) in [7, 11) is -2.08. The molecule has 7 rings (SSSR count). The van der Waals surface area contributed by atoms with Gasteiger partial charge in [0, 0.05) is 33.0 Å². The lowest BCUT2D eigenvalue weighted by molar-refractivity contribution is -0.221. The number of rotatable bonds is 8. The Balaban J connectivity index is 1.37. The third-order valence-corrected chi connectivity index (χ3v) is 12.2. The zero-order valence-corrected chi connectivity index (χ0v) is 25.2. The quantitative estimate of drug-likeness (QED) is 0.338. The van der Waals surface area contributed by atoms with E-state index in [1.54, 1.807) is 13.1 Å². The SMILES string of the molecule is CC(=O)Oc1ccc2c3c1OC1C(N(C)S(=O)(=O)Cc4ccccc4)CC[C@@]4(OC(C)=O)[C@@H](C2)N(CC2CC2)CC[C@]314. The fourth-order valence-electron chi connectivity index (χ4n) is 8.58. The number of benzene rings is 2. The summed E-state index contributed by atoms with van der Waals surface area (Å²) in [5.74, 6) is 0.555. The average Bonchev–Trinajstić information content (AvgIpc) is 3.68. The van der Waals surface area contributed by atoms with E-state index in [-0.39, 0.29) is 17.8 Å². The normalized spacial score (nSPS) is 31.3. The van der Waals surface area contributed by atoms with E-state index in [0.29, 0.717) is 48.7 Å². The second-order valence-electron chi connectivity index (χ2n) is 12.8. The summed E-state index contributed by atoms with van der Waals surface area (Å²) in [4.78, 5) is 27.5. The Hall–Kier alpha value is -2.95. The van der Waals surface area contributed by atoms with Crippen LogP contribution in [0.3, 0.4) is 0 Å². The van der Waals surface area contributed by atoms with Gasteiger partial charge in [0.05, 0.1) is 23.3 Å². The number of hydrogen-bond donors (Lipinski definition) is 0. The first-order valence-electron chi connectivity index (χ1n) is 15.0. The maximum Gasteiger partial charge on any atom is 0.308 e. The summed E-state index contributed by atoms with van der Waals surface area (Å²) in [6.07, 6.45) is 4.17. The van der Waals surface area contributed by atoms with Crippen LogP contribution in [-0.2, 0) is 41.9 Å². The van der Waals surface area contributed by atoms with E-state index in [0.717, 1.165) is 24.2 Å². The van der Waals surface area contributed by atoms with Crippen molar-refractivity contribution in [1.29, 1.82) is 0 Å². The zero-order chi connectivity index (χ0) is 29.4. The summed E-state index contributed by atoms with van der Waals surface area (Å²) in [5.41, 5.74) is 1.07. The zero-order valence-electron chi connectivity index (χ0n) is 24.4. The van der Waals surface area contributed by atoms with Crippen molar-refractivity contribution in [2.75, 3.05) is 20.1 Å². The predicted octanol–water partition coefficient (Wildman–Crippen LogP) is 3.58.